The van der Waals surface area contributed by atoms with E-state index < -0.39 is 0 Å². The number of hydrogen-bond donors (Lipinski definition) is 0. The molecule has 23 heavy (non-hydrogen) atoms. The molecule has 1 amide bonds. The van der Waals surface area contributed by atoms with Crippen LogP contribution < -0.4 is 0 Å². The van der Waals surface area contributed by atoms with Crippen LogP contribution >= 0.6 is 11.3 Å². The van der Waals surface area contributed by atoms with Gasteiger partial charge in [0.25, 0.3) is 0 Å². The maximum atomic E-state index is 12.7. The standard InChI is InChI=1S/C18H21N3OS/c22-17-18(14-21(17)12-15-2-1-6-19-10-15)4-7-20(8-5-18)11-16-3-9-23-13-16/h1-3,6,9-10,13H,4-5,7-8,11-12,14H2. The summed E-state index contributed by atoms with van der Waals surface area (Å²) in [5, 5.41) is 4.35. The molecule has 0 aromatic carbocycles. The minimum atomic E-state index is -0.0760. The molecule has 2 saturated heterocycles. The lowest BCUT2D eigenvalue weighted by Crippen LogP contribution is -2.64. The maximum Gasteiger partial charge on any atom is 0.231 e. The summed E-state index contributed by atoms with van der Waals surface area (Å²) in [6.45, 7) is 4.69. The monoisotopic (exact) mass is 327 g/mol. The third kappa shape index (κ3) is 2.91. The molecule has 0 N–H and O–H groups in total. The fraction of sp³-hybridized carbons (Fsp3) is 0.444. The summed E-state index contributed by atoms with van der Waals surface area (Å²) in [6, 6.07) is 6.16. The first-order valence-electron chi connectivity index (χ1n) is 8.17. The van der Waals surface area contributed by atoms with Crippen LogP contribution in [0.15, 0.2) is 41.4 Å². The second-order valence-corrected chi connectivity index (χ2v) is 7.49. The molecule has 0 aliphatic carbocycles. The Bertz CT molecular complexity index is 663. The Morgan fingerprint density at radius 2 is 2.04 bits per heavy atom. The van der Waals surface area contributed by atoms with Crippen LogP contribution in [0, 0.1) is 5.41 Å². The summed E-state index contributed by atoms with van der Waals surface area (Å²) < 4.78 is 0. The predicted octanol–water partition coefficient (Wildman–Crippen LogP) is 2.77. The van der Waals surface area contributed by atoms with Gasteiger partial charge in [-0.3, -0.25) is 14.7 Å². The summed E-state index contributed by atoms with van der Waals surface area (Å²) in [6.07, 6.45) is 5.62. The average Bonchev–Trinajstić information content (AvgIpc) is 3.10. The highest BCUT2D eigenvalue weighted by Crippen LogP contribution is 2.42. The van der Waals surface area contributed by atoms with Crippen molar-refractivity contribution in [3.63, 3.8) is 0 Å². The largest absolute Gasteiger partial charge is 0.337 e. The van der Waals surface area contributed by atoms with E-state index in [0.29, 0.717) is 12.5 Å². The van der Waals surface area contributed by atoms with E-state index in [4.69, 9.17) is 0 Å². The topological polar surface area (TPSA) is 36.4 Å². The normalized spacial score (nSPS) is 20.7. The van der Waals surface area contributed by atoms with Crippen molar-refractivity contribution < 1.29 is 4.79 Å². The van der Waals surface area contributed by atoms with E-state index in [9.17, 15) is 4.79 Å². The predicted molar refractivity (Wildman–Crippen MR) is 90.9 cm³/mol. The lowest BCUT2D eigenvalue weighted by Gasteiger charge is -2.52. The van der Waals surface area contributed by atoms with Crippen LogP contribution in [0.25, 0.3) is 0 Å². The highest BCUT2D eigenvalue weighted by molar-refractivity contribution is 7.07. The summed E-state index contributed by atoms with van der Waals surface area (Å²) in [5.74, 6) is 0.344. The zero-order chi connectivity index (χ0) is 15.7. The molecule has 2 aliphatic heterocycles. The number of carbonyl (C=O) groups excluding carboxylic acids is 1. The van der Waals surface area contributed by atoms with Crippen molar-refractivity contribution in [2.75, 3.05) is 19.6 Å². The maximum absolute atomic E-state index is 12.7. The highest BCUT2D eigenvalue weighted by atomic mass is 32.1. The second-order valence-electron chi connectivity index (χ2n) is 6.71. The molecule has 0 atom stereocenters. The molecule has 2 aliphatic rings. The first-order valence-corrected chi connectivity index (χ1v) is 9.11. The van der Waals surface area contributed by atoms with Gasteiger partial charge in [0.1, 0.15) is 0 Å². The van der Waals surface area contributed by atoms with Crippen LogP contribution in [0.3, 0.4) is 0 Å². The van der Waals surface area contributed by atoms with Gasteiger partial charge in [-0.05, 0) is 60.0 Å². The minimum absolute atomic E-state index is 0.0760. The lowest BCUT2D eigenvalue weighted by atomic mass is 9.71. The third-order valence-electron chi connectivity index (χ3n) is 5.13. The molecule has 120 valence electrons. The van der Waals surface area contributed by atoms with Crippen molar-refractivity contribution in [2.24, 2.45) is 5.41 Å². The van der Waals surface area contributed by atoms with Gasteiger partial charge in [-0.15, -0.1) is 0 Å². The lowest BCUT2D eigenvalue weighted by molar-refractivity contribution is -0.166. The number of pyridine rings is 1. The Morgan fingerprint density at radius 1 is 1.17 bits per heavy atom. The Balaban J connectivity index is 1.31. The van der Waals surface area contributed by atoms with Gasteiger partial charge in [0.15, 0.2) is 0 Å². The number of likely N-dealkylation sites (tertiary alicyclic amines) is 2. The van der Waals surface area contributed by atoms with E-state index in [1.807, 2.05) is 23.2 Å². The van der Waals surface area contributed by atoms with Crippen LogP contribution in [-0.4, -0.2) is 40.3 Å². The number of nitrogens with zero attached hydrogens (tertiary/aromatic N) is 3. The van der Waals surface area contributed by atoms with E-state index in [1.54, 1.807) is 17.5 Å². The summed E-state index contributed by atoms with van der Waals surface area (Å²) in [5.41, 5.74) is 2.43. The van der Waals surface area contributed by atoms with Crippen molar-refractivity contribution >= 4 is 17.2 Å². The Morgan fingerprint density at radius 3 is 2.70 bits per heavy atom. The van der Waals surface area contributed by atoms with Crippen LogP contribution in [0.4, 0.5) is 0 Å². The molecule has 5 heteroatoms. The zero-order valence-electron chi connectivity index (χ0n) is 13.1. The molecule has 2 aromatic heterocycles. The van der Waals surface area contributed by atoms with Gasteiger partial charge in [-0.2, -0.15) is 11.3 Å². The minimum Gasteiger partial charge on any atom is -0.337 e. The van der Waals surface area contributed by atoms with Gasteiger partial charge >= 0.3 is 0 Å². The fourth-order valence-corrected chi connectivity index (χ4v) is 4.40. The van der Waals surface area contributed by atoms with Gasteiger partial charge in [-0.25, -0.2) is 0 Å². The Kier molecular flexibility index (Phi) is 3.91. The van der Waals surface area contributed by atoms with E-state index in [-0.39, 0.29) is 5.41 Å². The van der Waals surface area contributed by atoms with E-state index in [0.717, 1.165) is 44.6 Å². The van der Waals surface area contributed by atoms with Gasteiger partial charge in [0.2, 0.25) is 5.91 Å². The van der Waals surface area contributed by atoms with E-state index >= 15 is 0 Å². The molecule has 0 bridgehead atoms. The van der Waals surface area contributed by atoms with Crippen molar-refractivity contribution in [1.29, 1.82) is 0 Å². The molecule has 4 heterocycles. The number of rotatable bonds is 4. The molecular weight excluding hydrogens is 306 g/mol. The summed E-state index contributed by atoms with van der Waals surface area (Å²) in [7, 11) is 0. The molecule has 2 fully saturated rings. The zero-order valence-corrected chi connectivity index (χ0v) is 14.0. The van der Waals surface area contributed by atoms with E-state index in [1.165, 1.54) is 5.56 Å². The molecule has 4 rings (SSSR count). The second kappa shape index (κ2) is 6.06. The molecule has 0 radical (unpaired) electrons. The third-order valence-corrected chi connectivity index (χ3v) is 5.86. The van der Waals surface area contributed by atoms with Crippen molar-refractivity contribution in [1.82, 2.24) is 14.8 Å². The smallest absolute Gasteiger partial charge is 0.231 e. The van der Waals surface area contributed by atoms with Gasteiger partial charge in [0.05, 0.1) is 5.41 Å². The summed E-state index contributed by atoms with van der Waals surface area (Å²) in [4.78, 5) is 21.2. The molecule has 4 nitrogen and oxygen atoms in total. The number of carbonyl (C=O) groups is 1. The van der Waals surface area contributed by atoms with E-state index in [2.05, 4.69) is 26.7 Å². The number of β-lactam (4-membered cyclic amide) rings is 1. The summed E-state index contributed by atoms with van der Waals surface area (Å²) >= 11 is 1.75. The first-order chi connectivity index (χ1) is 11.3. The fourth-order valence-electron chi connectivity index (χ4n) is 3.74. The molecular formula is C18H21N3OS. The van der Waals surface area contributed by atoms with Gasteiger partial charge in [0, 0.05) is 32.0 Å². The van der Waals surface area contributed by atoms with Crippen LogP contribution in [-0.2, 0) is 17.9 Å². The SMILES string of the molecule is O=C1N(Cc2cccnc2)CC12CCN(Cc1ccsc1)CC2. The highest BCUT2D eigenvalue weighted by Gasteiger charge is 2.52. The molecule has 1 spiro atoms. The van der Waals surface area contributed by atoms with Crippen LogP contribution in [0.5, 0.6) is 0 Å². The van der Waals surface area contributed by atoms with Crippen molar-refractivity contribution in [3.8, 4) is 0 Å². The number of hydrogen-bond acceptors (Lipinski definition) is 4. The van der Waals surface area contributed by atoms with Crippen molar-refractivity contribution in [2.45, 2.75) is 25.9 Å². The van der Waals surface area contributed by atoms with Gasteiger partial charge < -0.3 is 4.90 Å². The number of thiophene rings is 1. The number of amides is 1. The molecule has 0 saturated carbocycles. The molecule has 0 unspecified atom stereocenters. The Hall–Kier alpha value is -1.72. The quantitative estimate of drug-likeness (QED) is 0.810. The Labute approximate surface area is 140 Å². The van der Waals surface area contributed by atoms with Crippen molar-refractivity contribution in [3.05, 3.63) is 52.5 Å². The van der Waals surface area contributed by atoms with Gasteiger partial charge in [-0.1, -0.05) is 6.07 Å². The number of aromatic nitrogens is 1. The first kappa shape index (κ1) is 14.8. The number of piperidine rings is 1. The average molecular weight is 327 g/mol. The van der Waals surface area contributed by atoms with Crippen LogP contribution in [0.2, 0.25) is 0 Å². The van der Waals surface area contributed by atoms with Crippen LogP contribution in [0.1, 0.15) is 24.0 Å². The molecule has 2 aromatic rings.